The molecule has 2 N–H and O–H groups in total. The summed E-state index contributed by atoms with van der Waals surface area (Å²) in [7, 11) is 0. The Bertz CT molecular complexity index is 1700. The van der Waals surface area contributed by atoms with Crippen molar-refractivity contribution >= 4 is 39.1 Å². The minimum atomic E-state index is -0.782. The van der Waals surface area contributed by atoms with Crippen LogP contribution in [-0.2, 0) is 16.0 Å². The van der Waals surface area contributed by atoms with Crippen LogP contribution in [0.4, 0.5) is 4.39 Å². The van der Waals surface area contributed by atoms with Crippen LogP contribution in [0.3, 0.4) is 0 Å². The number of rotatable bonds is 5. The number of nitrogens with zero attached hydrogens (tertiary/aromatic N) is 1. The van der Waals surface area contributed by atoms with Gasteiger partial charge >= 0.3 is 0 Å². The van der Waals surface area contributed by atoms with Crippen LogP contribution < -0.4 is 0 Å². The number of carbonyl (C=O) groups is 2. The number of ketones is 1. The summed E-state index contributed by atoms with van der Waals surface area (Å²) in [5, 5.41) is 14.2. The van der Waals surface area contributed by atoms with Gasteiger partial charge in [0.2, 0.25) is 0 Å². The molecule has 0 spiro atoms. The maximum absolute atomic E-state index is 13.5. The third-order valence-corrected chi connectivity index (χ3v) is 7.06. The molecule has 0 aliphatic carbocycles. The van der Waals surface area contributed by atoms with Gasteiger partial charge in [-0.25, -0.2) is 4.39 Å². The van der Waals surface area contributed by atoms with Crippen LogP contribution in [0.15, 0.2) is 103 Å². The van der Waals surface area contributed by atoms with Crippen LogP contribution in [-0.4, -0.2) is 33.2 Å². The number of carbonyl (C=O) groups excluding carboxylic acids is 2. The first-order chi connectivity index (χ1) is 18.0. The van der Waals surface area contributed by atoms with Crippen molar-refractivity contribution in [3.8, 4) is 0 Å². The summed E-state index contributed by atoms with van der Waals surface area (Å²) in [6.45, 7) is 0.229. The van der Waals surface area contributed by atoms with Crippen molar-refractivity contribution in [2.24, 2.45) is 0 Å². The zero-order chi connectivity index (χ0) is 25.5. The Kier molecular flexibility index (Phi) is 5.57. The lowest BCUT2D eigenvalue weighted by Crippen LogP contribution is -2.31. The predicted octanol–water partition coefficient (Wildman–Crippen LogP) is 6.12. The summed E-state index contributed by atoms with van der Waals surface area (Å²) in [5.41, 5.74) is 3.00. The summed E-state index contributed by atoms with van der Waals surface area (Å²) in [4.78, 5) is 31.6. The predicted molar refractivity (Wildman–Crippen MR) is 141 cm³/mol. The third-order valence-electron chi connectivity index (χ3n) is 7.06. The maximum atomic E-state index is 13.5. The molecule has 4 aromatic carbocycles. The Labute approximate surface area is 212 Å². The summed E-state index contributed by atoms with van der Waals surface area (Å²) in [6, 6.07) is 26.1. The number of aromatic amines is 1. The van der Waals surface area contributed by atoms with Gasteiger partial charge in [-0.05, 0) is 41.0 Å². The number of aromatic nitrogens is 1. The summed E-state index contributed by atoms with van der Waals surface area (Å²) < 4.78 is 13.4. The average Bonchev–Trinajstić information content (AvgIpc) is 3.46. The lowest BCUT2D eigenvalue weighted by atomic mass is 9.93. The molecule has 0 radical (unpaired) electrons. The van der Waals surface area contributed by atoms with Crippen molar-refractivity contribution in [1.29, 1.82) is 0 Å². The molecule has 182 valence electrons. The second kappa shape index (κ2) is 9.06. The van der Waals surface area contributed by atoms with Gasteiger partial charge in [-0.2, -0.15) is 0 Å². The number of likely N-dealkylation sites (tertiary alicyclic amines) is 1. The number of para-hydroxylation sites is 1. The van der Waals surface area contributed by atoms with E-state index in [2.05, 4.69) is 4.98 Å². The molecule has 1 atom stereocenters. The van der Waals surface area contributed by atoms with Gasteiger partial charge in [-0.15, -0.1) is 0 Å². The van der Waals surface area contributed by atoms with Crippen molar-refractivity contribution in [3.63, 3.8) is 0 Å². The van der Waals surface area contributed by atoms with E-state index in [9.17, 15) is 19.1 Å². The molecule has 1 aromatic heterocycles. The largest absolute Gasteiger partial charge is 0.507 e. The highest BCUT2D eigenvalue weighted by atomic mass is 19.1. The first kappa shape index (κ1) is 22.7. The van der Waals surface area contributed by atoms with Crippen LogP contribution in [0, 0.1) is 5.82 Å². The van der Waals surface area contributed by atoms with Crippen molar-refractivity contribution in [3.05, 3.63) is 125 Å². The zero-order valence-corrected chi connectivity index (χ0v) is 19.8. The lowest BCUT2D eigenvalue weighted by molar-refractivity contribution is -0.139. The van der Waals surface area contributed by atoms with Crippen LogP contribution in [0.1, 0.15) is 22.7 Å². The number of fused-ring (bicyclic) bond motifs is 2. The van der Waals surface area contributed by atoms with Crippen molar-refractivity contribution in [2.45, 2.75) is 12.5 Å². The molecule has 0 saturated carbocycles. The van der Waals surface area contributed by atoms with Crippen molar-refractivity contribution in [2.75, 3.05) is 6.54 Å². The first-order valence-electron chi connectivity index (χ1n) is 12.1. The van der Waals surface area contributed by atoms with Crippen LogP contribution >= 0.6 is 0 Å². The van der Waals surface area contributed by atoms with E-state index in [4.69, 9.17) is 0 Å². The summed E-state index contributed by atoms with van der Waals surface area (Å²) in [6.07, 6.45) is 2.23. The van der Waals surface area contributed by atoms with Crippen LogP contribution in [0.2, 0.25) is 0 Å². The van der Waals surface area contributed by atoms with Crippen LogP contribution in [0.5, 0.6) is 0 Å². The molecule has 6 heteroatoms. The highest BCUT2D eigenvalue weighted by molar-refractivity contribution is 6.47. The second-order valence-corrected chi connectivity index (χ2v) is 9.19. The number of Topliss-reactive ketones (excluding diaryl/α,β-unsaturated/α-hetero) is 1. The number of halogens is 1. The molecule has 1 unspecified atom stereocenters. The van der Waals surface area contributed by atoms with Gasteiger partial charge in [0.25, 0.3) is 11.7 Å². The number of H-pyrrole nitrogens is 1. The maximum Gasteiger partial charge on any atom is 0.295 e. The average molecular weight is 491 g/mol. The molecule has 1 aliphatic rings. The Morgan fingerprint density at radius 3 is 2.38 bits per heavy atom. The van der Waals surface area contributed by atoms with Gasteiger partial charge in [0, 0.05) is 34.8 Å². The molecule has 1 saturated heterocycles. The molecule has 2 heterocycles. The fraction of sp³-hybridized carbons (Fsp3) is 0.0968. The molecule has 1 fully saturated rings. The van der Waals surface area contributed by atoms with E-state index in [-0.39, 0.29) is 23.7 Å². The standard InChI is InChI=1S/C31H23FN2O3/c32-21-14-12-19(13-15-21)16-17-34-28(25-18-33-26-11-4-3-9-23(25)26)27(30(36)31(34)37)29(35)24-10-5-7-20-6-1-2-8-22(20)24/h1-15,18,28,33,35H,16-17H2/b29-27+. The van der Waals surface area contributed by atoms with E-state index < -0.39 is 17.7 Å². The number of amides is 1. The quantitative estimate of drug-likeness (QED) is 0.177. The molecule has 6 rings (SSSR count). The van der Waals surface area contributed by atoms with Gasteiger partial charge in [0.15, 0.2) is 0 Å². The third kappa shape index (κ3) is 3.87. The molecule has 1 amide bonds. The van der Waals surface area contributed by atoms with Crippen LogP contribution in [0.25, 0.3) is 27.4 Å². The van der Waals surface area contributed by atoms with Gasteiger partial charge < -0.3 is 15.0 Å². The van der Waals surface area contributed by atoms with E-state index >= 15 is 0 Å². The lowest BCUT2D eigenvalue weighted by Gasteiger charge is -2.25. The minimum Gasteiger partial charge on any atom is -0.507 e. The Hall–Kier alpha value is -4.71. The summed E-state index contributed by atoms with van der Waals surface area (Å²) in [5.74, 6) is -1.92. The fourth-order valence-electron chi connectivity index (χ4n) is 5.23. The molecule has 0 bridgehead atoms. The summed E-state index contributed by atoms with van der Waals surface area (Å²) >= 11 is 0. The topological polar surface area (TPSA) is 73.4 Å². The highest BCUT2D eigenvalue weighted by Gasteiger charge is 2.46. The monoisotopic (exact) mass is 490 g/mol. The van der Waals surface area contributed by atoms with Crippen molar-refractivity contribution in [1.82, 2.24) is 9.88 Å². The number of hydrogen-bond donors (Lipinski definition) is 2. The van der Waals surface area contributed by atoms with E-state index in [0.717, 1.165) is 32.8 Å². The fourth-order valence-corrected chi connectivity index (χ4v) is 5.23. The van der Waals surface area contributed by atoms with Crippen molar-refractivity contribution < 1.29 is 19.1 Å². The first-order valence-corrected chi connectivity index (χ1v) is 12.1. The highest BCUT2D eigenvalue weighted by Crippen LogP contribution is 2.42. The van der Waals surface area contributed by atoms with Gasteiger partial charge in [-0.1, -0.05) is 72.8 Å². The Balaban J connectivity index is 1.51. The van der Waals surface area contributed by atoms with Gasteiger partial charge in [0.05, 0.1) is 11.6 Å². The molecule has 37 heavy (non-hydrogen) atoms. The van der Waals surface area contributed by atoms with Gasteiger partial charge in [-0.3, -0.25) is 9.59 Å². The van der Waals surface area contributed by atoms with Gasteiger partial charge in [0.1, 0.15) is 11.6 Å². The number of nitrogens with one attached hydrogen (secondary N) is 1. The number of hydrogen-bond acceptors (Lipinski definition) is 3. The zero-order valence-electron chi connectivity index (χ0n) is 19.8. The molecular formula is C31H23FN2O3. The molecule has 1 aliphatic heterocycles. The second-order valence-electron chi connectivity index (χ2n) is 9.19. The van der Waals surface area contributed by atoms with E-state index in [1.165, 1.54) is 17.0 Å². The number of benzene rings is 4. The Morgan fingerprint density at radius 2 is 1.57 bits per heavy atom. The molecular weight excluding hydrogens is 467 g/mol. The number of aliphatic hydroxyl groups excluding tert-OH is 1. The minimum absolute atomic E-state index is 0.0604. The normalized spacial score (nSPS) is 17.2. The Morgan fingerprint density at radius 1 is 0.865 bits per heavy atom. The SMILES string of the molecule is O=C1C(=O)N(CCc2ccc(F)cc2)C(c2c[nH]c3ccccc23)/C1=C(\O)c1cccc2ccccc12. The molecule has 5 nitrogen and oxygen atoms in total. The van der Waals surface area contributed by atoms with E-state index in [1.54, 1.807) is 24.4 Å². The number of aliphatic hydroxyl groups is 1. The molecule has 5 aromatic rings. The van der Waals surface area contributed by atoms with E-state index in [0.29, 0.717) is 12.0 Å². The smallest absolute Gasteiger partial charge is 0.295 e. The van der Waals surface area contributed by atoms with E-state index in [1.807, 2.05) is 60.7 Å².